The smallest absolute Gasteiger partial charge is 0.182 e. The molecule has 0 spiro atoms. The third-order valence-electron chi connectivity index (χ3n) is 5.40. The summed E-state index contributed by atoms with van der Waals surface area (Å²) in [6.45, 7) is 4.81. The molecular formula is C21H22N4O3. The summed E-state index contributed by atoms with van der Waals surface area (Å²) in [5, 5.41) is 12.3. The maximum absolute atomic E-state index is 6.11. The highest BCUT2D eigenvalue weighted by molar-refractivity contribution is 5.60. The van der Waals surface area contributed by atoms with Gasteiger partial charge in [-0.05, 0) is 66.6 Å². The molecule has 2 aliphatic rings. The van der Waals surface area contributed by atoms with Crippen molar-refractivity contribution in [2.75, 3.05) is 7.11 Å². The van der Waals surface area contributed by atoms with E-state index in [0.29, 0.717) is 6.54 Å². The van der Waals surface area contributed by atoms with Crippen molar-refractivity contribution >= 4 is 0 Å². The van der Waals surface area contributed by atoms with Crippen molar-refractivity contribution < 1.29 is 14.2 Å². The largest absolute Gasteiger partial charge is 0.497 e. The second-order valence-electron chi connectivity index (χ2n) is 7.76. The summed E-state index contributed by atoms with van der Waals surface area (Å²) in [5.41, 5.74) is 2.92. The molecule has 2 atom stereocenters. The van der Waals surface area contributed by atoms with E-state index in [2.05, 4.69) is 41.5 Å². The fourth-order valence-corrected chi connectivity index (χ4v) is 3.85. The Morgan fingerprint density at radius 3 is 2.93 bits per heavy atom. The van der Waals surface area contributed by atoms with Gasteiger partial charge in [0.2, 0.25) is 0 Å². The summed E-state index contributed by atoms with van der Waals surface area (Å²) in [6, 6.07) is 14.1. The van der Waals surface area contributed by atoms with Crippen LogP contribution < -0.4 is 9.47 Å². The second-order valence-corrected chi connectivity index (χ2v) is 7.76. The fourth-order valence-electron chi connectivity index (χ4n) is 3.85. The van der Waals surface area contributed by atoms with Gasteiger partial charge >= 0.3 is 0 Å². The molecule has 0 bridgehead atoms. The van der Waals surface area contributed by atoms with Gasteiger partial charge in [-0.1, -0.05) is 12.1 Å². The molecule has 0 N–H and O–H groups in total. The Morgan fingerprint density at radius 2 is 2.07 bits per heavy atom. The van der Waals surface area contributed by atoms with Gasteiger partial charge in [-0.25, -0.2) is 4.68 Å². The molecule has 7 nitrogen and oxygen atoms in total. The van der Waals surface area contributed by atoms with Crippen LogP contribution in [-0.4, -0.2) is 39.0 Å². The lowest BCUT2D eigenvalue weighted by atomic mass is 9.93. The van der Waals surface area contributed by atoms with Gasteiger partial charge in [-0.3, -0.25) is 0 Å². The van der Waals surface area contributed by atoms with Crippen molar-refractivity contribution in [3.05, 3.63) is 53.6 Å². The Morgan fingerprint density at radius 1 is 1.18 bits per heavy atom. The van der Waals surface area contributed by atoms with Crippen LogP contribution in [0.25, 0.3) is 11.4 Å². The van der Waals surface area contributed by atoms with E-state index in [1.54, 1.807) is 7.11 Å². The van der Waals surface area contributed by atoms with Gasteiger partial charge in [0.05, 0.1) is 7.11 Å². The van der Waals surface area contributed by atoms with E-state index in [1.807, 2.05) is 35.0 Å². The number of methoxy groups -OCH3 is 1. The molecule has 1 aromatic heterocycles. The zero-order valence-electron chi connectivity index (χ0n) is 16.1. The molecule has 3 aromatic rings. The Hall–Kier alpha value is -2.93. The number of tetrazole rings is 1. The van der Waals surface area contributed by atoms with Crippen LogP contribution in [0.1, 0.15) is 31.1 Å². The molecule has 2 aromatic carbocycles. The quantitative estimate of drug-likeness (QED) is 0.635. The lowest BCUT2D eigenvalue weighted by Gasteiger charge is -2.29. The van der Waals surface area contributed by atoms with Crippen LogP contribution in [0.4, 0.5) is 0 Å². The summed E-state index contributed by atoms with van der Waals surface area (Å²) < 4.78 is 19.1. The van der Waals surface area contributed by atoms with Gasteiger partial charge in [-0.2, -0.15) is 0 Å². The lowest BCUT2D eigenvalue weighted by Crippen LogP contribution is -2.37. The summed E-state index contributed by atoms with van der Waals surface area (Å²) in [6.07, 6.45) is 1.02. The van der Waals surface area contributed by atoms with Gasteiger partial charge in [0.1, 0.15) is 29.3 Å². The molecule has 0 amide bonds. The van der Waals surface area contributed by atoms with Crippen molar-refractivity contribution in [1.82, 2.24) is 20.2 Å². The minimum absolute atomic E-state index is 0.0971. The number of aryl methyl sites for hydroxylation is 2. The zero-order chi connectivity index (χ0) is 19.3. The summed E-state index contributed by atoms with van der Waals surface area (Å²) in [5.74, 6) is 2.47. The summed E-state index contributed by atoms with van der Waals surface area (Å²) in [4.78, 5) is 0. The topological polar surface area (TPSA) is 74.6 Å². The molecule has 0 aliphatic carbocycles. The van der Waals surface area contributed by atoms with Crippen molar-refractivity contribution in [2.24, 2.45) is 0 Å². The minimum Gasteiger partial charge on any atom is -0.497 e. The predicted octanol–water partition coefficient (Wildman–Crippen LogP) is 3.20. The Bertz CT molecular complexity index is 1030. The van der Waals surface area contributed by atoms with Crippen LogP contribution in [0.5, 0.6) is 11.5 Å². The highest BCUT2D eigenvalue weighted by atomic mass is 16.6. The first-order valence-corrected chi connectivity index (χ1v) is 9.43. The standard InChI is InChI=1S/C21H22N4O3/c1-21(2)19-18(27-19)16-12-14(7-8-17(16)28-21)20-22-23-24-25(20)10-9-13-5-4-6-15(11-13)26-3/h4-8,11-12,18-19H,9-10H2,1-3H3/t18-,19-/m0/s1. The van der Waals surface area contributed by atoms with Gasteiger partial charge in [-0.15, -0.1) is 5.10 Å². The van der Waals surface area contributed by atoms with Gasteiger partial charge < -0.3 is 14.2 Å². The number of benzene rings is 2. The fraction of sp³-hybridized carbons (Fsp3) is 0.381. The Balaban J connectivity index is 1.39. The maximum atomic E-state index is 6.11. The third-order valence-corrected chi connectivity index (χ3v) is 5.40. The van der Waals surface area contributed by atoms with Gasteiger partial charge in [0, 0.05) is 17.7 Å². The average Bonchev–Trinajstić information content (AvgIpc) is 3.39. The summed E-state index contributed by atoms with van der Waals surface area (Å²) in [7, 11) is 1.67. The number of ether oxygens (including phenoxy) is 3. The number of rotatable bonds is 5. The first kappa shape index (κ1) is 17.2. The number of hydrogen-bond donors (Lipinski definition) is 0. The SMILES string of the molecule is COc1cccc(CCn2nnnc2-c2ccc3c(c2)[C@@H]2O[C@@H]2C(C)(C)O3)c1. The van der Waals surface area contributed by atoms with Crippen LogP contribution in [-0.2, 0) is 17.7 Å². The van der Waals surface area contributed by atoms with E-state index in [-0.39, 0.29) is 17.8 Å². The number of fused-ring (bicyclic) bond motifs is 3. The molecule has 1 saturated heterocycles. The van der Waals surface area contributed by atoms with Crippen LogP contribution in [0, 0.1) is 0 Å². The number of hydrogen-bond acceptors (Lipinski definition) is 6. The molecular weight excluding hydrogens is 356 g/mol. The van der Waals surface area contributed by atoms with E-state index < -0.39 is 0 Å². The number of epoxide rings is 1. The van der Waals surface area contributed by atoms with E-state index in [1.165, 1.54) is 5.56 Å². The van der Waals surface area contributed by atoms with Crippen LogP contribution >= 0.6 is 0 Å². The van der Waals surface area contributed by atoms with E-state index in [4.69, 9.17) is 14.2 Å². The average molecular weight is 378 g/mol. The molecule has 5 rings (SSSR count). The normalized spacial score (nSPS) is 21.4. The highest BCUT2D eigenvalue weighted by Gasteiger charge is 2.56. The van der Waals surface area contributed by atoms with E-state index >= 15 is 0 Å². The highest BCUT2D eigenvalue weighted by Crippen LogP contribution is 2.54. The van der Waals surface area contributed by atoms with Crippen LogP contribution in [0.2, 0.25) is 0 Å². The Kier molecular flexibility index (Phi) is 3.87. The van der Waals surface area contributed by atoms with Crippen LogP contribution in [0.3, 0.4) is 0 Å². The molecule has 0 radical (unpaired) electrons. The molecule has 3 heterocycles. The first-order chi connectivity index (χ1) is 13.5. The predicted molar refractivity (Wildman–Crippen MR) is 102 cm³/mol. The zero-order valence-corrected chi connectivity index (χ0v) is 16.1. The van der Waals surface area contributed by atoms with Crippen molar-refractivity contribution in [3.63, 3.8) is 0 Å². The number of aromatic nitrogens is 4. The van der Waals surface area contributed by atoms with Gasteiger partial charge in [0.25, 0.3) is 0 Å². The van der Waals surface area contributed by atoms with Crippen molar-refractivity contribution in [1.29, 1.82) is 0 Å². The second kappa shape index (κ2) is 6.31. The third kappa shape index (κ3) is 2.92. The molecule has 2 aliphatic heterocycles. The maximum Gasteiger partial charge on any atom is 0.182 e. The molecule has 144 valence electrons. The summed E-state index contributed by atoms with van der Waals surface area (Å²) >= 11 is 0. The first-order valence-electron chi connectivity index (χ1n) is 9.43. The van der Waals surface area contributed by atoms with E-state index in [9.17, 15) is 0 Å². The molecule has 28 heavy (non-hydrogen) atoms. The molecule has 7 heteroatoms. The van der Waals surface area contributed by atoms with Crippen LogP contribution in [0.15, 0.2) is 42.5 Å². The molecule has 0 saturated carbocycles. The molecule has 0 unspecified atom stereocenters. The lowest BCUT2D eigenvalue weighted by molar-refractivity contribution is 0.0725. The number of nitrogens with zero attached hydrogens (tertiary/aromatic N) is 4. The van der Waals surface area contributed by atoms with E-state index in [0.717, 1.165) is 34.9 Å². The van der Waals surface area contributed by atoms with Crippen molar-refractivity contribution in [2.45, 2.75) is 44.6 Å². The van der Waals surface area contributed by atoms with Gasteiger partial charge in [0.15, 0.2) is 5.82 Å². The minimum atomic E-state index is -0.294. The monoisotopic (exact) mass is 378 g/mol. The molecule has 1 fully saturated rings. The Labute approximate surface area is 163 Å². The van der Waals surface area contributed by atoms with Crippen molar-refractivity contribution in [3.8, 4) is 22.9 Å².